The normalized spacial score (nSPS) is 10.8. The number of aromatic nitrogens is 2. The average Bonchev–Trinajstić information content (AvgIpc) is 2.70. The molecule has 0 bridgehead atoms. The molecule has 2 aromatic rings. The summed E-state index contributed by atoms with van der Waals surface area (Å²) in [6.07, 6.45) is 0. The van der Waals surface area contributed by atoms with Crippen LogP contribution in [0.4, 0.5) is 5.69 Å². The number of aryl methyl sites for hydroxylation is 2. The number of rotatable bonds is 3. The van der Waals surface area contributed by atoms with Crippen LogP contribution in [0, 0.1) is 13.8 Å². The lowest BCUT2D eigenvalue weighted by Gasteiger charge is -2.03. The average molecular weight is 365 g/mol. The van der Waals surface area contributed by atoms with Gasteiger partial charge in [0.1, 0.15) is 0 Å². The molecule has 3 nitrogen and oxygen atoms in total. The van der Waals surface area contributed by atoms with E-state index in [0.29, 0.717) is 0 Å². The van der Waals surface area contributed by atoms with Crippen molar-refractivity contribution in [3.05, 3.63) is 30.6 Å². The molecule has 0 saturated heterocycles. The lowest BCUT2D eigenvalue weighted by atomic mass is 10.3. The van der Waals surface area contributed by atoms with Gasteiger partial charge in [-0.3, -0.25) is 5.10 Å². The zero-order valence-electron chi connectivity index (χ0n) is 8.90. The Labute approximate surface area is 115 Å². The maximum Gasteiger partial charge on any atom is 0.0843 e. The Morgan fingerprint density at radius 2 is 2.19 bits per heavy atom. The van der Waals surface area contributed by atoms with Crippen molar-refractivity contribution in [2.45, 2.75) is 20.4 Å². The summed E-state index contributed by atoms with van der Waals surface area (Å²) in [5.74, 6) is 0. The maximum absolute atomic E-state index is 4.15. The molecule has 0 atom stereocenters. The largest absolute Gasteiger partial charge is 0.377 e. The van der Waals surface area contributed by atoms with Gasteiger partial charge in [0.05, 0.1) is 20.9 Å². The summed E-state index contributed by atoms with van der Waals surface area (Å²) in [5, 5.41) is 10.5. The Morgan fingerprint density at radius 3 is 2.69 bits per heavy atom. The molecule has 0 aliphatic rings. The molecule has 0 fully saturated rings. The van der Waals surface area contributed by atoms with E-state index in [2.05, 4.69) is 53.4 Å². The highest BCUT2D eigenvalue weighted by atomic mass is 79.9. The van der Waals surface area contributed by atoms with Crippen molar-refractivity contribution in [3.8, 4) is 0 Å². The third-order valence-electron chi connectivity index (χ3n) is 2.26. The summed E-state index contributed by atoms with van der Waals surface area (Å²) < 4.78 is 2.24. The third kappa shape index (κ3) is 2.49. The summed E-state index contributed by atoms with van der Waals surface area (Å²) in [6.45, 7) is 4.82. The van der Waals surface area contributed by atoms with E-state index in [4.69, 9.17) is 0 Å². The number of hydrogen-bond donors (Lipinski definition) is 2. The summed E-state index contributed by atoms with van der Waals surface area (Å²) in [6, 6.07) is 2.12. The first-order valence-electron chi connectivity index (χ1n) is 4.77. The predicted octanol–water partition coefficient (Wildman–Crippen LogP) is 4.23. The van der Waals surface area contributed by atoms with Crippen LogP contribution < -0.4 is 5.32 Å². The Bertz CT molecular complexity index is 465. The van der Waals surface area contributed by atoms with Crippen LogP contribution in [0.1, 0.15) is 16.3 Å². The number of anilines is 1. The predicted molar refractivity (Wildman–Crippen MR) is 75.1 cm³/mol. The Balaban J connectivity index is 2.08. The van der Waals surface area contributed by atoms with Gasteiger partial charge in [-0.05, 0) is 51.8 Å². The van der Waals surface area contributed by atoms with Crippen LogP contribution >= 0.6 is 43.2 Å². The van der Waals surface area contributed by atoms with Gasteiger partial charge >= 0.3 is 0 Å². The van der Waals surface area contributed by atoms with Crippen molar-refractivity contribution < 1.29 is 0 Å². The second kappa shape index (κ2) is 4.89. The van der Waals surface area contributed by atoms with Crippen molar-refractivity contribution >= 4 is 48.9 Å². The van der Waals surface area contributed by atoms with Gasteiger partial charge in [0, 0.05) is 15.9 Å². The van der Waals surface area contributed by atoms with Gasteiger partial charge in [0.25, 0.3) is 0 Å². The van der Waals surface area contributed by atoms with Crippen molar-refractivity contribution in [2.24, 2.45) is 0 Å². The van der Waals surface area contributed by atoms with Crippen LogP contribution in [-0.4, -0.2) is 10.2 Å². The van der Waals surface area contributed by atoms with Crippen molar-refractivity contribution in [1.29, 1.82) is 0 Å². The molecule has 0 amide bonds. The fourth-order valence-corrected chi connectivity index (χ4v) is 3.58. The molecule has 0 aliphatic heterocycles. The van der Waals surface area contributed by atoms with Gasteiger partial charge < -0.3 is 5.32 Å². The molecule has 6 heteroatoms. The minimum atomic E-state index is 0.816. The van der Waals surface area contributed by atoms with E-state index in [-0.39, 0.29) is 0 Å². The molecule has 2 heterocycles. The topological polar surface area (TPSA) is 40.7 Å². The number of nitrogens with one attached hydrogen (secondary N) is 2. The molecule has 0 radical (unpaired) electrons. The van der Waals surface area contributed by atoms with E-state index in [1.807, 2.05) is 13.8 Å². The smallest absolute Gasteiger partial charge is 0.0843 e. The highest BCUT2D eigenvalue weighted by Crippen LogP contribution is 2.32. The zero-order chi connectivity index (χ0) is 11.7. The molecular weight excluding hydrogens is 354 g/mol. The van der Waals surface area contributed by atoms with E-state index < -0.39 is 0 Å². The first kappa shape index (κ1) is 12.1. The molecule has 0 saturated carbocycles. The highest BCUT2D eigenvalue weighted by Gasteiger charge is 2.07. The number of aromatic amines is 1. The molecular formula is C10H11Br2N3S. The Hall–Kier alpha value is -0.330. The second-order valence-electron chi connectivity index (χ2n) is 3.50. The second-order valence-corrected chi connectivity index (χ2v) is 6.81. The standard InChI is InChI=1S/C10H11Br2N3S/c1-5-9(6(2)15-14-5)13-4-7-3-8(11)10(12)16-7/h3,13H,4H2,1-2H3,(H,14,15). The van der Waals surface area contributed by atoms with Gasteiger partial charge in [0.2, 0.25) is 0 Å². The van der Waals surface area contributed by atoms with Gasteiger partial charge in [-0.15, -0.1) is 11.3 Å². The van der Waals surface area contributed by atoms with Gasteiger partial charge in [-0.1, -0.05) is 0 Å². The minimum absolute atomic E-state index is 0.816. The number of nitrogens with zero attached hydrogens (tertiary/aromatic N) is 1. The molecule has 16 heavy (non-hydrogen) atoms. The monoisotopic (exact) mass is 363 g/mol. The first-order valence-corrected chi connectivity index (χ1v) is 7.17. The van der Waals surface area contributed by atoms with Crippen LogP contribution in [0.15, 0.2) is 14.3 Å². The minimum Gasteiger partial charge on any atom is -0.377 e. The first-order chi connectivity index (χ1) is 7.58. The molecule has 2 N–H and O–H groups in total. The third-order valence-corrected chi connectivity index (χ3v) is 5.52. The highest BCUT2D eigenvalue weighted by molar-refractivity contribution is 9.13. The number of halogens is 2. The van der Waals surface area contributed by atoms with Crippen LogP contribution in [0.2, 0.25) is 0 Å². The molecule has 2 rings (SSSR count). The van der Waals surface area contributed by atoms with Crippen molar-refractivity contribution in [2.75, 3.05) is 5.32 Å². The Kier molecular flexibility index (Phi) is 3.71. The molecule has 0 aromatic carbocycles. The lowest BCUT2D eigenvalue weighted by molar-refractivity contribution is 1.02. The molecule has 0 spiro atoms. The van der Waals surface area contributed by atoms with E-state index in [1.165, 1.54) is 4.88 Å². The lowest BCUT2D eigenvalue weighted by Crippen LogP contribution is -1.99. The van der Waals surface area contributed by atoms with Crippen LogP contribution in [0.25, 0.3) is 0 Å². The fourth-order valence-electron chi connectivity index (χ4n) is 1.47. The van der Waals surface area contributed by atoms with Gasteiger partial charge in [-0.2, -0.15) is 5.10 Å². The van der Waals surface area contributed by atoms with Crippen molar-refractivity contribution in [1.82, 2.24) is 10.2 Å². The van der Waals surface area contributed by atoms with Crippen LogP contribution in [0.3, 0.4) is 0 Å². The summed E-state index contributed by atoms with van der Waals surface area (Å²) >= 11 is 8.69. The quantitative estimate of drug-likeness (QED) is 0.855. The van der Waals surface area contributed by atoms with E-state index >= 15 is 0 Å². The van der Waals surface area contributed by atoms with Gasteiger partial charge in [-0.25, -0.2) is 0 Å². The number of hydrogen-bond acceptors (Lipinski definition) is 3. The molecule has 2 aromatic heterocycles. The summed E-state index contributed by atoms with van der Waals surface area (Å²) in [7, 11) is 0. The van der Waals surface area contributed by atoms with Gasteiger partial charge in [0.15, 0.2) is 0 Å². The van der Waals surface area contributed by atoms with E-state index in [9.17, 15) is 0 Å². The van der Waals surface area contributed by atoms with Crippen LogP contribution in [-0.2, 0) is 6.54 Å². The Morgan fingerprint density at radius 1 is 1.44 bits per heavy atom. The summed E-state index contributed by atoms with van der Waals surface area (Å²) in [5.41, 5.74) is 3.18. The summed E-state index contributed by atoms with van der Waals surface area (Å²) in [4.78, 5) is 1.28. The number of H-pyrrole nitrogens is 1. The maximum atomic E-state index is 4.15. The van der Waals surface area contributed by atoms with Crippen molar-refractivity contribution in [3.63, 3.8) is 0 Å². The zero-order valence-corrected chi connectivity index (χ0v) is 12.9. The fraction of sp³-hybridized carbons (Fsp3) is 0.300. The van der Waals surface area contributed by atoms with E-state index in [0.717, 1.165) is 31.9 Å². The van der Waals surface area contributed by atoms with E-state index in [1.54, 1.807) is 11.3 Å². The number of thiophene rings is 1. The van der Waals surface area contributed by atoms with Crippen LogP contribution in [0.5, 0.6) is 0 Å². The molecule has 0 aliphatic carbocycles. The SMILES string of the molecule is Cc1n[nH]c(C)c1NCc1cc(Br)c(Br)s1. The molecule has 86 valence electrons. The molecule has 0 unspecified atom stereocenters.